The van der Waals surface area contributed by atoms with E-state index in [2.05, 4.69) is 31.4 Å². The topological polar surface area (TPSA) is 58.2 Å². The zero-order chi connectivity index (χ0) is 20.0. The molecule has 0 aliphatic rings. The summed E-state index contributed by atoms with van der Waals surface area (Å²) in [7, 11) is 0. The minimum atomic E-state index is -0.660. The zero-order valence-corrected chi connectivity index (χ0v) is 16.3. The largest absolute Gasteiger partial charge is 0.354 e. The molecule has 2 N–H and O–H groups in total. The van der Waals surface area contributed by atoms with E-state index in [4.69, 9.17) is 0 Å². The average molecular weight is 370 g/mol. The number of hydrogen-bond donors (Lipinski definition) is 2. The van der Waals surface area contributed by atoms with E-state index in [9.17, 15) is 14.0 Å². The van der Waals surface area contributed by atoms with Crippen LogP contribution in [0.5, 0.6) is 0 Å². The van der Waals surface area contributed by atoms with Crippen molar-refractivity contribution in [2.75, 3.05) is 6.54 Å². The molecule has 1 unspecified atom stereocenters. The normalized spacial score (nSPS) is 12.3. The molecule has 0 aliphatic heterocycles. The van der Waals surface area contributed by atoms with E-state index in [0.717, 1.165) is 11.1 Å². The molecular weight excluding hydrogens is 343 g/mol. The number of hydrogen-bond acceptors (Lipinski definition) is 2. The molecular formula is C22H27FN2O2. The smallest absolute Gasteiger partial charge is 0.251 e. The van der Waals surface area contributed by atoms with Crippen molar-refractivity contribution in [3.63, 3.8) is 0 Å². The van der Waals surface area contributed by atoms with Crippen LogP contribution in [0.15, 0.2) is 48.5 Å². The third-order valence-corrected chi connectivity index (χ3v) is 4.36. The molecule has 0 fully saturated rings. The SMILES string of the molecule is CC(NC(=O)c1ccc(C(C)(C)C)cc1)C(=O)NCCc1cccc(F)c1. The van der Waals surface area contributed by atoms with E-state index in [0.29, 0.717) is 18.5 Å². The molecule has 144 valence electrons. The lowest BCUT2D eigenvalue weighted by atomic mass is 9.86. The Labute approximate surface area is 160 Å². The van der Waals surface area contributed by atoms with Crippen LogP contribution in [0.2, 0.25) is 0 Å². The maximum atomic E-state index is 13.1. The summed E-state index contributed by atoms with van der Waals surface area (Å²) in [6.45, 7) is 8.34. The van der Waals surface area contributed by atoms with E-state index in [1.165, 1.54) is 12.1 Å². The highest BCUT2D eigenvalue weighted by Crippen LogP contribution is 2.22. The molecule has 0 saturated heterocycles. The predicted octanol–water partition coefficient (Wildman–Crippen LogP) is 3.60. The lowest BCUT2D eigenvalue weighted by Gasteiger charge is -2.19. The van der Waals surface area contributed by atoms with Crippen LogP contribution < -0.4 is 10.6 Å². The zero-order valence-electron chi connectivity index (χ0n) is 16.3. The molecule has 0 saturated carbocycles. The van der Waals surface area contributed by atoms with Crippen molar-refractivity contribution in [3.8, 4) is 0 Å². The summed E-state index contributed by atoms with van der Waals surface area (Å²) < 4.78 is 13.1. The predicted molar refractivity (Wildman–Crippen MR) is 105 cm³/mol. The van der Waals surface area contributed by atoms with E-state index in [1.54, 1.807) is 25.1 Å². The van der Waals surface area contributed by atoms with Gasteiger partial charge in [-0.05, 0) is 54.2 Å². The van der Waals surface area contributed by atoms with Crippen LogP contribution in [-0.4, -0.2) is 24.4 Å². The summed E-state index contributed by atoms with van der Waals surface area (Å²) >= 11 is 0. The van der Waals surface area contributed by atoms with Crippen LogP contribution in [0.25, 0.3) is 0 Å². The second-order valence-corrected chi connectivity index (χ2v) is 7.69. The van der Waals surface area contributed by atoms with Crippen molar-refractivity contribution >= 4 is 11.8 Å². The Balaban J connectivity index is 1.83. The van der Waals surface area contributed by atoms with Crippen molar-refractivity contribution in [1.82, 2.24) is 10.6 Å². The third-order valence-electron chi connectivity index (χ3n) is 4.36. The van der Waals surface area contributed by atoms with Crippen LogP contribution in [0, 0.1) is 5.82 Å². The van der Waals surface area contributed by atoms with Crippen molar-refractivity contribution in [2.45, 2.75) is 45.6 Å². The van der Waals surface area contributed by atoms with Crippen molar-refractivity contribution < 1.29 is 14.0 Å². The Morgan fingerprint density at radius 3 is 2.33 bits per heavy atom. The minimum absolute atomic E-state index is 0.0177. The van der Waals surface area contributed by atoms with Crippen LogP contribution >= 0.6 is 0 Å². The molecule has 2 aromatic carbocycles. The fraction of sp³-hybridized carbons (Fsp3) is 0.364. The van der Waals surface area contributed by atoms with Gasteiger partial charge in [0.15, 0.2) is 0 Å². The van der Waals surface area contributed by atoms with Gasteiger partial charge in [-0.2, -0.15) is 0 Å². The fourth-order valence-corrected chi connectivity index (χ4v) is 2.64. The molecule has 0 heterocycles. The monoisotopic (exact) mass is 370 g/mol. The minimum Gasteiger partial charge on any atom is -0.354 e. The molecule has 2 rings (SSSR count). The summed E-state index contributed by atoms with van der Waals surface area (Å²) in [5.74, 6) is -0.855. The van der Waals surface area contributed by atoms with E-state index in [1.807, 2.05) is 18.2 Å². The highest BCUT2D eigenvalue weighted by atomic mass is 19.1. The Kier molecular flexibility index (Phi) is 6.72. The van der Waals surface area contributed by atoms with Gasteiger partial charge in [-0.15, -0.1) is 0 Å². The van der Waals surface area contributed by atoms with Gasteiger partial charge in [-0.25, -0.2) is 4.39 Å². The number of amides is 2. The summed E-state index contributed by atoms with van der Waals surface area (Å²) in [6.07, 6.45) is 0.526. The summed E-state index contributed by atoms with van der Waals surface area (Å²) in [5.41, 5.74) is 2.49. The van der Waals surface area contributed by atoms with Crippen LogP contribution in [-0.2, 0) is 16.6 Å². The molecule has 27 heavy (non-hydrogen) atoms. The summed E-state index contributed by atoms with van der Waals surface area (Å²) in [4.78, 5) is 24.5. The fourth-order valence-electron chi connectivity index (χ4n) is 2.64. The first-order valence-electron chi connectivity index (χ1n) is 9.10. The van der Waals surface area contributed by atoms with Gasteiger partial charge >= 0.3 is 0 Å². The number of halogens is 1. The van der Waals surface area contributed by atoms with Crippen LogP contribution in [0.1, 0.15) is 49.2 Å². The first-order chi connectivity index (χ1) is 12.7. The Hall–Kier alpha value is -2.69. The Morgan fingerprint density at radius 1 is 1.07 bits per heavy atom. The maximum absolute atomic E-state index is 13.1. The lowest BCUT2D eigenvalue weighted by molar-refractivity contribution is -0.122. The number of benzene rings is 2. The number of carbonyl (C=O) groups is 2. The molecule has 0 bridgehead atoms. The summed E-state index contributed by atoms with van der Waals surface area (Å²) in [5, 5.41) is 5.46. The highest BCUT2D eigenvalue weighted by molar-refractivity contribution is 5.97. The van der Waals surface area contributed by atoms with Crippen molar-refractivity contribution in [2.24, 2.45) is 0 Å². The third kappa shape index (κ3) is 6.20. The molecule has 4 nitrogen and oxygen atoms in total. The van der Waals surface area contributed by atoms with E-state index in [-0.39, 0.29) is 23.0 Å². The van der Waals surface area contributed by atoms with Crippen molar-refractivity contribution in [3.05, 3.63) is 71.0 Å². The molecule has 0 aliphatic carbocycles. The van der Waals surface area contributed by atoms with Gasteiger partial charge in [0.05, 0.1) is 0 Å². The molecule has 1 atom stereocenters. The van der Waals surface area contributed by atoms with Crippen LogP contribution in [0.4, 0.5) is 4.39 Å². The molecule has 2 aromatic rings. The quantitative estimate of drug-likeness (QED) is 0.816. The first-order valence-corrected chi connectivity index (χ1v) is 9.10. The van der Waals surface area contributed by atoms with Crippen molar-refractivity contribution in [1.29, 1.82) is 0 Å². The van der Waals surface area contributed by atoms with Gasteiger partial charge in [0, 0.05) is 12.1 Å². The van der Waals surface area contributed by atoms with Gasteiger partial charge < -0.3 is 10.6 Å². The van der Waals surface area contributed by atoms with Gasteiger partial charge in [0.1, 0.15) is 11.9 Å². The van der Waals surface area contributed by atoms with Gasteiger partial charge in [0.25, 0.3) is 5.91 Å². The standard InChI is InChI=1S/C22H27FN2O2/c1-15(20(26)24-13-12-16-6-5-7-19(23)14-16)25-21(27)17-8-10-18(11-9-17)22(2,3)4/h5-11,14-15H,12-13H2,1-4H3,(H,24,26)(H,25,27). The molecule has 2 amide bonds. The van der Waals surface area contributed by atoms with Crippen LogP contribution in [0.3, 0.4) is 0 Å². The van der Waals surface area contributed by atoms with E-state index >= 15 is 0 Å². The average Bonchev–Trinajstić information content (AvgIpc) is 2.61. The number of rotatable bonds is 6. The second kappa shape index (κ2) is 8.80. The number of carbonyl (C=O) groups excluding carboxylic acids is 2. The second-order valence-electron chi connectivity index (χ2n) is 7.69. The Morgan fingerprint density at radius 2 is 1.74 bits per heavy atom. The molecule has 0 spiro atoms. The first kappa shape index (κ1) is 20.6. The molecule has 5 heteroatoms. The van der Waals surface area contributed by atoms with E-state index < -0.39 is 6.04 Å². The van der Waals surface area contributed by atoms with Gasteiger partial charge in [0.2, 0.25) is 5.91 Å². The Bertz CT molecular complexity index is 795. The lowest BCUT2D eigenvalue weighted by Crippen LogP contribution is -2.45. The summed E-state index contributed by atoms with van der Waals surface area (Å²) in [6, 6.07) is 13.0. The number of nitrogens with one attached hydrogen (secondary N) is 2. The molecule has 0 radical (unpaired) electrons. The van der Waals surface area contributed by atoms with Gasteiger partial charge in [-0.3, -0.25) is 9.59 Å². The highest BCUT2D eigenvalue weighted by Gasteiger charge is 2.18. The van der Waals surface area contributed by atoms with Gasteiger partial charge in [-0.1, -0.05) is 45.0 Å². The maximum Gasteiger partial charge on any atom is 0.251 e. The molecule has 0 aromatic heterocycles.